The summed E-state index contributed by atoms with van der Waals surface area (Å²) < 4.78 is 0. The van der Waals surface area contributed by atoms with Crippen LogP contribution in [0.5, 0.6) is 0 Å². The summed E-state index contributed by atoms with van der Waals surface area (Å²) in [5.74, 6) is 4.91. The molecular formula is C10H9N5. The average Bonchev–Trinajstić information content (AvgIpc) is 2.47. The third-order valence-electron chi connectivity index (χ3n) is 1.89. The normalized spacial score (nSPS) is 17.5. The molecular weight excluding hydrogens is 190 g/mol. The van der Waals surface area contributed by atoms with Crippen LogP contribution in [0.2, 0.25) is 0 Å². The van der Waals surface area contributed by atoms with Crippen molar-refractivity contribution in [3.05, 3.63) is 34.8 Å². The fourth-order valence-electron chi connectivity index (χ4n) is 1.25. The minimum absolute atomic E-state index is 0.405. The summed E-state index contributed by atoms with van der Waals surface area (Å²) in [7, 11) is 0. The molecule has 0 saturated heterocycles. The maximum Gasteiger partial charge on any atom is 0.186 e. The van der Waals surface area contributed by atoms with E-state index in [1.807, 2.05) is 24.3 Å². The molecule has 0 saturated carbocycles. The number of hydrogen-bond acceptors (Lipinski definition) is 5. The molecule has 0 fully saturated rings. The molecule has 0 spiro atoms. The molecule has 2 N–H and O–H groups in total. The molecule has 1 unspecified atom stereocenters. The smallest absolute Gasteiger partial charge is 0.186 e. The molecule has 5 heteroatoms. The van der Waals surface area contributed by atoms with E-state index in [1.54, 1.807) is 12.4 Å². The average molecular weight is 199 g/mol. The molecule has 1 aliphatic heterocycles. The largest absolute Gasteiger partial charge is 0.314 e. The van der Waals surface area contributed by atoms with Gasteiger partial charge in [-0.1, -0.05) is 18.2 Å². The lowest BCUT2D eigenvalue weighted by Crippen LogP contribution is -2.24. The highest BCUT2D eigenvalue weighted by molar-refractivity contribution is 5.69. The number of rotatable bonds is 1. The standard InChI is InChI=1S/C10H9N5/c11-14-7-13-10-6-12-5-8-3-1-2-4-9(8)15-10/h1-6,10H,11H2. The molecule has 1 aromatic carbocycles. The maximum atomic E-state index is 4.91. The molecule has 1 atom stereocenters. The van der Waals surface area contributed by atoms with Crippen molar-refractivity contribution in [2.45, 2.75) is 6.17 Å². The highest BCUT2D eigenvalue weighted by Gasteiger charge is 2.00. The third kappa shape index (κ3) is 2.15. The number of benzene rings is 1. The monoisotopic (exact) mass is 199 g/mol. The van der Waals surface area contributed by atoms with Crippen molar-refractivity contribution >= 4 is 18.4 Å². The minimum atomic E-state index is -0.405. The van der Waals surface area contributed by atoms with Gasteiger partial charge in [0.15, 0.2) is 6.17 Å². The van der Waals surface area contributed by atoms with E-state index in [4.69, 9.17) is 5.84 Å². The van der Waals surface area contributed by atoms with Gasteiger partial charge in [0.1, 0.15) is 6.01 Å². The summed E-state index contributed by atoms with van der Waals surface area (Å²) in [5, 5.41) is 4.99. The van der Waals surface area contributed by atoms with Gasteiger partial charge in [0.25, 0.3) is 0 Å². The van der Waals surface area contributed by atoms with E-state index in [-0.39, 0.29) is 0 Å². The molecule has 1 aromatic rings. The third-order valence-corrected chi connectivity index (χ3v) is 1.89. The highest BCUT2D eigenvalue weighted by Crippen LogP contribution is 1.89. The van der Waals surface area contributed by atoms with Gasteiger partial charge in [-0.3, -0.25) is 9.98 Å². The Bertz CT molecular complexity index is 551. The van der Waals surface area contributed by atoms with Crippen LogP contribution in [0.15, 0.2) is 44.3 Å². The first-order valence-electron chi connectivity index (χ1n) is 4.41. The molecule has 2 rings (SSSR count). The van der Waals surface area contributed by atoms with Crippen LogP contribution in [-0.2, 0) is 0 Å². The van der Waals surface area contributed by atoms with Crippen molar-refractivity contribution < 1.29 is 0 Å². The van der Waals surface area contributed by atoms with Gasteiger partial charge in [0, 0.05) is 11.4 Å². The van der Waals surface area contributed by atoms with Gasteiger partial charge in [-0.15, -0.1) is 5.10 Å². The van der Waals surface area contributed by atoms with E-state index < -0.39 is 6.17 Å². The van der Waals surface area contributed by atoms with Gasteiger partial charge in [-0.25, -0.2) is 0 Å². The summed E-state index contributed by atoms with van der Waals surface area (Å²) in [4.78, 5) is 12.3. The number of fused-ring (bicyclic) bond motifs is 1. The Morgan fingerprint density at radius 3 is 3.07 bits per heavy atom. The zero-order valence-corrected chi connectivity index (χ0v) is 7.91. The quantitative estimate of drug-likeness (QED) is 0.369. The first-order valence-corrected chi connectivity index (χ1v) is 4.41. The number of para-hydroxylation sites is 1. The molecule has 15 heavy (non-hydrogen) atoms. The van der Waals surface area contributed by atoms with E-state index in [9.17, 15) is 0 Å². The lowest BCUT2D eigenvalue weighted by molar-refractivity contribution is 0.907. The van der Waals surface area contributed by atoms with Crippen LogP contribution < -0.4 is 16.4 Å². The van der Waals surface area contributed by atoms with Gasteiger partial charge in [0.05, 0.1) is 11.6 Å². The SMILES string of the molecule is NN=C=NC1C=NC=c2ccccc2=N1. The Morgan fingerprint density at radius 1 is 1.33 bits per heavy atom. The second kappa shape index (κ2) is 4.30. The summed E-state index contributed by atoms with van der Waals surface area (Å²) in [5.41, 5.74) is 0. The summed E-state index contributed by atoms with van der Waals surface area (Å²) in [6.45, 7) is 0. The van der Waals surface area contributed by atoms with Crippen molar-refractivity contribution in [2.75, 3.05) is 0 Å². The van der Waals surface area contributed by atoms with E-state index in [0.717, 1.165) is 10.6 Å². The Labute approximate surface area is 86.1 Å². The van der Waals surface area contributed by atoms with Crippen LogP contribution in [-0.4, -0.2) is 18.4 Å². The number of hydrogen-bond donors (Lipinski definition) is 1. The molecule has 0 radical (unpaired) electrons. The zero-order valence-electron chi connectivity index (χ0n) is 7.91. The van der Waals surface area contributed by atoms with Crippen molar-refractivity contribution in [3.8, 4) is 0 Å². The molecule has 0 aromatic heterocycles. The molecule has 5 nitrogen and oxygen atoms in total. The minimum Gasteiger partial charge on any atom is -0.314 e. The van der Waals surface area contributed by atoms with Gasteiger partial charge >= 0.3 is 0 Å². The van der Waals surface area contributed by atoms with Gasteiger partial charge in [-0.05, 0) is 6.07 Å². The van der Waals surface area contributed by atoms with Crippen LogP contribution in [0.1, 0.15) is 0 Å². The van der Waals surface area contributed by atoms with E-state index in [2.05, 4.69) is 26.1 Å². The highest BCUT2D eigenvalue weighted by atomic mass is 15.1. The first kappa shape index (κ1) is 9.30. The zero-order chi connectivity index (χ0) is 10.5. The molecule has 0 amide bonds. The van der Waals surface area contributed by atoms with Crippen LogP contribution in [0.3, 0.4) is 0 Å². The van der Waals surface area contributed by atoms with Crippen LogP contribution in [0, 0.1) is 0 Å². The van der Waals surface area contributed by atoms with Crippen LogP contribution in [0.4, 0.5) is 0 Å². The lowest BCUT2D eigenvalue weighted by atomic mass is 10.3. The maximum absolute atomic E-state index is 4.91. The predicted molar refractivity (Wildman–Crippen MR) is 58.0 cm³/mol. The predicted octanol–water partition coefficient (Wildman–Crippen LogP) is -0.498. The summed E-state index contributed by atoms with van der Waals surface area (Å²) >= 11 is 0. The summed E-state index contributed by atoms with van der Waals surface area (Å²) in [6, 6.07) is 10.0. The van der Waals surface area contributed by atoms with Gasteiger partial charge in [0.2, 0.25) is 0 Å². The van der Waals surface area contributed by atoms with E-state index >= 15 is 0 Å². The Kier molecular flexibility index (Phi) is 2.67. The van der Waals surface area contributed by atoms with Gasteiger partial charge in [-0.2, -0.15) is 4.99 Å². The fourth-order valence-corrected chi connectivity index (χ4v) is 1.25. The van der Waals surface area contributed by atoms with Gasteiger partial charge < -0.3 is 5.84 Å². The number of nitrogens with zero attached hydrogens (tertiary/aromatic N) is 4. The second-order valence-electron chi connectivity index (χ2n) is 2.89. The molecule has 1 aliphatic rings. The van der Waals surface area contributed by atoms with Crippen molar-refractivity contribution in [1.29, 1.82) is 0 Å². The van der Waals surface area contributed by atoms with Crippen molar-refractivity contribution in [3.63, 3.8) is 0 Å². The van der Waals surface area contributed by atoms with Crippen LogP contribution >= 0.6 is 0 Å². The molecule has 0 aliphatic carbocycles. The molecule has 0 bridgehead atoms. The first-order chi connectivity index (χ1) is 7.40. The van der Waals surface area contributed by atoms with Crippen molar-refractivity contribution in [2.24, 2.45) is 25.9 Å². The number of nitrogens with two attached hydrogens (primary N) is 1. The summed E-state index contributed by atoms with van der Waals surface area (Å²) in [6.07, 6.45) is 2.95. The topological polar surface area (TPSA) is 75.5 Å². The molecule has 1 heterocycles. The fraction of sp³-hybridized carbons (Fsp3) is 0.100. The Hall–Kier alpha value is -2.26. The lowest BCUT2D eigenvalue weighted by Gasteiger charge is -1.94. The Morgan fingerprint density at radius 2 is 2.20 bits per heavy atom. The van der Waals surface area contributed by atoms with E-state index in [0.29, 0.717) is 0 Å². The van der Waals surface area contributed by atoms with Crippen LogP contribution in [0.25, 0.3) is 6.20 Å². The Balaban J connectivity index is 2.53. The number of hydrazone groups is 1. The second-order valence-corrected chi connectivity index (χ2v) is 2.89. The van der Waals surface area contributed by atoms with E-state index in [1.165, 1.54) is 0 Å². The van der Waals surface area contributed by atoms with Crippen molar-refractivity contribution in [1.82, 2.24) is 0 Å². The molecule has 74 valence electrons. The number of aliphatic imine (C=N–C) groups is 2.